The van der Waals surface area contributed by atoms with Gasteiger partial charge in [-0.1, -0.05) is 19.9 Å². The standard InChI is InChI=1S/C13H23N3O/c1-4-13(5-2,17-3)12(16-14)9-11-7-6-8-15-10-11/h6-8,10,12,16H,4-5,9,14H2,1-3H3. The number of ether oxygens (including phenoxy) is 1. The highest BCUT2D eigenvalue weighted by molar-refractivity contribution is 5.12. The van der Waals surface area contributed by atoms with Gasteiger partial charge in [-0.25, -0.2) is 0 Å². The number of nitrogens with zero attached hydrogens (tertiary/aromatic N) is 1. The molecular formula is C13H23N3O. The maximum Gasteiger partial charge on any atom is 0.0842 e. The van der Waals surface area contributed by atoms with Crippen LogP contribution in [0.4, 0.5) is 0 Å². The number of hydrogen-bond acceptors (Lipinski definition) is 4. The summed E-state index contributed by atoms with van der Waals surface area (Å²) in [7, 11) is 1.75. The van der Waals surface area contributed by atoms with Crippen LogP contribution in [0.1, 0.15) is 32.3 Å². The Morgan fingerprint density at radius 2 is 2.18 bits per heavy atom. The lowest BCUT2D eigenvalue weighted by Gasteiger charge is -2.38. The Morgan fingerprint density at radius 3 is 2.59 bits per heavy atom. The summed E-state index contributed by atoms with van der Waals surface area (Å²) in [6.45, 7) is 4.25. The van der Waals surface area contributed by atoms with Crippen molar-refractivity contribution in [3.63, 3.8) is 0 Å². The van der Waals surface area contributed by atoms with Gasteiger partial charge in [-0.2, -0.15) is 0 Å². The molecule has 1 unspecified atom stereocenters. The van der Waals surface area contributed by atoms with Crippen molar-refractivity contribution in [3.05, 3.63) is 30.1 Å². The van der Waals surface area contributed by atoms with Gasteiger partial charge in [0.2, 0.25) is 0 Å². The fourth-order valence-electron chi connectivity index (χ4n) is 2.33. The molecule has 0 amide bonds. The molecule has 3 N–H and O–H groups in total. The second-order valence-electron chi connectivity index (χ2n) is 4.26. The first-order valence-electron chi connectivity index (χ1n) is 6.12. The van der Waals surface area contributed by atoms with Gasteiger partial charge in [0.25, 0.3) is 0 Å². The molecule has 0 radical (unpaired) electrons. The van der Waals surface area contributed by atoms with Crippen LogP contribution in [-0.2, 0) is 11.2 Å². The molecule has 4 heteroatoms. The first-order chi connectivity index (χ1) is 8.22. The van der Waals surface area contributed by atoms with Crippen LogP contribution in [-0.4, -0.2) is 23.7 Å². The average Bonchev–Trinajstić information content (AvgIpc) is 2.41. The lowest BCUT2D eigenvalue weighted by atomic mass is 9.85. The van der Waals surface area contributed by atoms with Crippen LogP contribution >= 0.6 is 0 Å². The van der Waals surface area contributed by atoms with E-state index < -0.39 is 0 Å². The highest BCUT2D eigenvalue weighted by Gasteiger charge is 2.35. The van der Waals surface area contributed by atoms with Gasteiger partial charge >= 0.3 is 0 Å². The zero-order valence-corrected chi connectivity index (χ0v) is 10.9. The summed E-state index contributed by atoms with van der Waals surface area (Å²) in [5, 5.41) is 0. The lowest BCUT2D eigenvalue weighted by molar-refractivity contribution is -0.0473. The van der Waals surface area contributed by atoms with E-state index in [1.807, 2.05) is 12.3 Å². The fraction of sp³-hybridized carbons (Fsp3) is 0.615. The van der Waals surface area contributed by atoms with E-state index in [2.05, 4.69) is 30.3 Å². The normalized spacial score (nSPS) is 13.6. The Labute approximate surface area is 104 Å². The number of aromatic nitrogens is 1. The van der Waals surface area contributed by atoms with Crippen molar-refractivity contribution in [3.8, 4) is 0 Å². The Morgan fingerprint density at radius 1 is 1.47 bits per heavy atom. The number of nitrogens with two attached hydrogens (primary N) is 1. The zero-order chi connectivity index (χ0) is 12.7. The second kappa shape index (κ2) is 6.69. The van der Waals surface area contributed by atoms with Gasteiger partial charge in [0.1, 0.15) is 0 Å². The third-order valence-corrected chi connectivity index (χ3v) is 3.60. The third-order valence-electron chi connectivity index (χ3n) is 3.60. The average molecular weight is 237 g/mol. The van der Waals surface area contributed by atoms with Crippen LogP contribution in [0, 0.1) is 0 Å². The van der Waals surface area contributed by atoms with Gasteiger partial charge in [0.15, 0.2) is 0 Å². The zero-order valence-electron chi connectivity index (χ0n) is 10.9. The second-order valence-corrected chi connectivity index (χ2v) is 4.26. The van der Waals surface area contributed by atoms with Crippen LogP contribution in [0.2, 0.25) is 0 Å². The van der Waals surface area contributed by atoms with Gasteiger partial charge in [-0.3, -0.25) is 16.3 Å². The van der Waals surface area contributed by atoms with E-state index >= 15 is 0 Å². The molecule has 4 nitrogen and oxygen atoms in total. The summed E-state index contributed by atoms with van der Waals surface area (Å²) in [5.41, 5.74) is 3.84. The number of rotatable bonds is 7. The number of methoxy groups -OCH3 is 1. The number of nitrogens with one attached hydrogen (secondary N) is 1. The number of pyridine rings is 1. The topological polar surface area (TPSA) is 60.2 Å². The highest BCUT2D eigenvalue weighted by atomic mass is 16.5. The molecule has 0 saturated carbocycles. The minimum atomic E-state index is -0.218. The lowest BCUT2D eigenvalue weighted by Crippen LogP contribution is -2.55. The van der Waals surface area contributed by atoms with E-state index in [0.29, 0.717) is 0 Å². The maximum atomic E-state index is 5.70. The Balaban J connectivity index is 2.83. The molecule has 0 aliphatic heterocycles. The van der Waals surface area contributed by atoms with Crippen LogP contribution in [0.15, 0.2) is 24.5 Å². The molecule has 1 atom stereocenters. The van der Waals surface area contributed by atoms with Gasteiger partial charge in [-0.05, 0) is 30.9 Å². The van der Waals surface area contributed by atoms with Crippen LogP contribution in [0.25, 0.3) is 0 Å². The predicted molar refractivity (Wildman–Crippen MR) is 69.4 cm³/mol. The summed E-state index contributed by atoms with van der Waals surface area (Å²) in [5.74, 6) is 5.68. The van der Waals surface area contributed by atoms with Crippen LogP contribution in [0.3, 0.4) is 0 Å². The van der Waals surface area contributed by atoms with Crippen molar-refractivity contribution in [2.24, 2.45) is 5.84 Å². The molecule has 0 fully saturated rings. The summed E-state index contributed by atoms with van der Waals surface area (Å²) in [6.07, 6.45) is 6.32. The Bertz CT molecular complexity index is 303. The molecule has 0 aliphatic rings. The van der Waals surface area contributed by atoms with Crippen molar-refractivity contribution in [1.29, 1.82) is 0 Å². The SMILES string of the molecule is CCC(CC)(OC)C(Cc1cccnc1)NN. The smallest absolute Gasteiger partial charge is 0.0842 e. The molecule has 1 aromatic rings. The molecule has 0 bridgehead atoms. The first kappa shape index (κ1) is 14.1. The minimum Gasteiger partial charge on any atom is -0.377 e. The summed E-state index contributed by atoms with van der Waals surface area (Å²) in [6, 6.07) is 4.09. The molecule has 17 heavy (non-hydrogen) atoms. The maximum absolute atomic E-state index is 5.70. The van der Waals surface area contributed by atoms with Crippen molar-refractivity contribution in [2.75, 3.05) is 7.11 Å². The highest BCUT2D eigenvalue weighted by Crippen LogP contribution is 2.26. The number of hydrogen-bond donors (Lipinski definition) is 2. The van der Waals surface area contributed by atoms with E-state index in [1.165, 1.54) is 5.56 Å². The molecule has 0 saturated heterocycles. The van der Waals surface area contributed by atoms with E-state index in [4.69, 9.17) is 10.6 Å². The fourth-order valence-corrected chi connectivity index (χ4v) is 2.33. The van der Waals surface area contributed by atoms with Crippen molar-refractivity contribution >= 4 is 0 Å². The minimum absolute atomic E-state index is 0.0895. The van der Waals surface area contributed by atoms with Gasteiger partial charge in [0, 0.05) is 19.5 Å². The number of hydrazine groups is 1. The summed E-state index contributed by atoms with van der Waals surface area (Å²) >= 11 is 0. The monoisotopic (exact) mass is 237 g/mol. The van der Waals surface area contributed by atoms with Crippen molar-refractivity contribution in [1.82, 2.24) is 10.4 Å². The molecule has 1 rings (SSSR count). The van der Waals surface area contributed by atoms with E-state index in [0.717, 1.165) is 19.3 Å². The van der Waals surface area contributed by atoms with Crippen LogP contribution in [0.5, 0.6) is 0 Å². The molecule has 0 aliphatic carbocycles. The van der Waals surface area contributed by atoms with Crippen LogP contribution < -0.4 is 11.3 Å². The summed E-state index contributed by atoms with van der Waals surface area (Å²) in [4.78, 5) is 4.12. The van der Waals surface area contributed by atoms with E-state index in [9.17, 15) is 0 Å². The Kier molecular flexibility index (Phi) is 5.55. The molecule has 0 spiro atoms. The summed E-state index contributed by atoms with van der Waals surface area (Å²) < 4.78 is 5.70. The third kappa shape index (κ3) is 3.25. The molecule has 96 valence electrons. The molecule has 1 aromatic heterocycles. The van der Waals surface area contributed by atoms with E-state index in [-0.39, 0.29) is 11.6 Å². The molecule has 0 aromatic carbocycles. The Hall–Kier alpha value is -0.970. The molecular weight excluding hydrogens is 214 g/mol. The van der Waals surface area contributed by atoms with Gasteiger partial charge in [-0.15, -0.1) is 0 Å². The first-order valence-corrected chi connectivity index (χ1v) is 6.12. The quantitative estimate of drug-likeness (QED) is 0.559. The molecule has 1 heterocycles. The predicted octanol–water partition coefficient (Wildman–Crippen LogP) is 1.66. The largest absolute Gasteiger partial charge is 0.377 e. The van der Waals surface area contributed by atoms with Crippen molar-refractivity contribution in [2.45, 2.75) is 44.8 Å². The van der Waals surface area contributed by atoms with E-state index in [1.54, 1.807) is 13.3 Å². The van der Waals surface area contributed by atoms with Crippen molar-refractivity contribution < 1.29 is 4.74 Å². The van der Waals surface area contributed by atoms with Gasteiger partial charge in [0.05, 0.1) is 11.6 Å². The van der Waals surface area contributed by atoms with Gasteiger partial charge < -0.3 is 4.74 Å².